The van der Waals surface area contributed by atoms with Crippen molar-refractivity contribution in [2.24, 2.45) is 0 Å². The standard InChI is InChI=1S/C29H29NO4/c1-18-9-10-23(19(2)11-18)26-17-34-28-15-27(33-5)24(14-25(26)28)20(3)12-29(31)30-16-21-7-6-8-22(13-21)32-4/h6-15,17H,16H2,1-5H3,(H,30,31)/b20-12+. The summed E-state index contributed by atoms with van der Waals surface area (Å²) in [6.45, 7) is 6.50. The third kappa shape index (κ3) is 4.84. The van der Waals surface area contributed by atoms with Gasteiger partial charge in [-0.1, -0.05) is 35.9 Å². The van der Waals surface area contributed by atoms with Crippen molar-refractivity contribution in [3.05, 3.63) is 89.2 Å². The molecular weight excluding hydrogens is 426 g/mol. The molecule has 0 atom stereocenters. The molecule has 1 heterocycles. The molecule has 3 aromatic carbocycles. The summed E-state index contributed by atoms with van der Waals surface area (Å²) in [7, 11) is 3.24. The van der Waals surface area contributed by atoms with Crippen LogP contribution in [0.25, 0.3) is 27.7 Å². The van der Waals surface area contributed by atoms with Crippen LogP contribution in [-0.2, 0) is 11.3 Å². The number of allylic oxidation sites excluding steroid dienone is 1. The van der Waals surface area contributed by atoms with Crippen LogP contribution < -0.4 is 14.8 Å². The number of nitrogens with one attached hydrogen (secondary N) is 1. The molecule has 34 heavy (non-hydrogen) atoms. The predicted octanol–water partition coefficient (Wildman–Crippen LogP) is 6.45. The number of fused-ring (bicyclic) bond motifs is 1. The highest BCUT2D eigenvalue weighted by atomic mass is 16.5. The van der Waals surface area contributed by atoms with Gasteiger partial charge in [-0.2, -0.15) is 0 Å². The van der Waals surface area contributed by atoms with E-state index >= 15 is 0 Å². The van der Waals surface area contributed by atoms with Gasteiger partial charge in [0.05, 0.1) is 20.5 Å². The molecule has 0 aliphatic heterocycles. The monoisotopic (exact) mass is 455 g/mol. The summed E-state index contributed by atoms with van der Waals surface area (Å²) in [5.74, 6) is 1.24. The third-order valence-corrected chi connectivity index (χ3v) is 5.94. The SMILES string of the molecule is COc1cccc(CNC(=O)/C=C(\C)c2cc3c(-c4ccc(C)cc4C)coc3cc2OC)c1. The van der Waals surface area contributed by atoms with Crippen molar-refractivity contribution in [3.8, 4) is 22.6 Å². The van der Waals surface area contributed by atoms with E-state index in [1.54, 1.807) is 26.6 Å². The summed E-state index contributed by atoms with van der Waals surface area (Å²) in [6.07, 6.45) is 3.38. The zero-order valence-corrected chi connectivity index (χ0v) is 20.2. The summed E-state index contributed by atoms with van der Waals surface area (Å²) < 4.78 is 16.7. The first kappa shape index (κ1) is 23.2. The number of carbonyl (C=O) groups excluding carboxylic acids is 1. The normalized spacial score (nSPS) is 11.5. The minimum Gasteiger partial charge on any atom is -0.497 e. The molecule has 5 heteroatoms. The van der Waals surface area contributed by atoms with Crippen molar-refractivity contribution in [1.29, 1.82) is 0 Å². The van der Waals surface area contributed by atoms with Crippen molar-refractivity contribution in [3.63, 3.8) is 0 Å². The number of aryl methyl sites for hydroxylation is 2. The Morgan fingerprint density at radius 1 is 1.00 bits per heavy atom. The molecule has 4 rings (SSSR count). The highest BCUT2D eigenvalue weighted by molar-refractivity contribution is 6.00. The molecule has 0 fully saturated rings. The average Bonchev–Trinajstić information content (AvgIpc) is 3.24. The van der Waals surface area contributed by atoms with Crippen LogP contribution in [0, 0.1) is 13.8 Å². The van der Waals surface area contributed by atoms with Gasteiger partial charge in [0.2, 0.25) is 5.91 Å². The molecule has 0 saturated carbocycles. The van der Waals surface area contributed by atoms with Crippen molar-refractivity contribution in [2.45, 2.75) is 27.3 Å². The van der Waals surface area contributed by atoms with Gasteiger partial charge in [0, 0.05) is 35.2 Å². The molecule has 0 unspecified atom stereocenters. The van der Waals surface area contributed by atoms with Crippen molar-refractivity contribution >= 4 is 22.4 Å². The van der Waals surface area contributed by atoms with Crippen LogP contribution in [0.2, 0.25) is 0 Å². The van der Waals surface area contributed by atoms with Crippen molar-refractivity contribution < 1.29 is 18.7 Å². The lowest BCUT2D eigenvalue weighted by Crippen LogP contribution is -2.20. The first-order valence-corrected chi connectivity index (χ1v) is 11.2. The van der Waals surface area contributed by atoms with Crippen LogP contribution in [-0.4, -0.2) is 20.1 Å². The Hall–Kier alpha value is -3.99. The highest BCUT2D eigenvalue weighted by Crippen LogP contribution is 2.38. The molecule has 0 radical (unpaired) electrons. The molecule has 4 aromatic rings. The summed E-state index contributed by atoms with van der Waals surface area (Å²) >= 11 is 0. The second-order valence-corrected chi connectivity index (χ2v) is 8.41. The lowest BCUT2D eigenvalue weighted by atomic mass is 9.96. The summed E-state index contributed by atoms with van der Waals surface area (Å²) in [5.41, 5.74) is 7.90. The lowest BCUT2D eigenvalue weighted by Gasteiger charge is -2.11. The van der Waals surface area contributed by atoms with E-state index in [4.69, 9.17) is 13.9 Å². The fraction of sp³-hybridized carbons (Fsp3) is 0.207. The number of methoxy groups -OCH3 is 2. The van der Waals surface area contributed by atoms with Crippen LogP contribution in [0.4, 0.5) is 0 Å². The first-order chi connectivity index (χ1) is 16.4. The Kier molecular flexibility index (Phi) is 6.73. The lowest BCUT2D eigenvalue weighted by molar-refractivity contribution is -0.116. The predicted molar refractivity (Wildman–Crippen MR) is 136 cm³/mol. The van der Waals surface area contributed by atoms with Crippen LogP contribution >= 0.6 is 0 Å². The molecule has 0 aliphatic carbocycles. The summed E-state index contributed by atoms with van der Waals surface area (Å²) in [5, 5.41) is 3.92. The minimum atomic E-state index is -0.177. The van der Waals surface area contributed by atoms with Crippen molar-refractivity contribution in [1.82, 2.24) is 5.32 Å². The van der Waals surface area contributed by atoms with E-state index < -0.39 is 0 Å². The van der Waals surface area contributed by atoms with Crippen LogP contribution in [0.3, 0.4) is 0 Å². The quantitative estimate of drug-likeness (QED) is 0.325. The molecule has 0 bridgehead atoms. The minimum absolute atomic E-state index is 0.177. The number of carbonyl (C=O) groups is 1. The first-order valence-electron chi connectivity index (χ1n) is 11.2. The number of amides is 1. The zero-order chi connectivity index (χ0) is 24.2. The molecule has 0 spiro atoms. The Bertz CT molecular complexity index is 1380. The van der Waals surface area contributed by atoms with Crippen LogP contribution in [0.15, 0.2) is 71.4 Å². The number of ether oxygens (including phenoxy) is 2. The van der Waals surface area contributed by atoms with Gasteiger partial charge in [-0.15, -0.1) is 0 Å². The van der Waals surface area contributed by atoms with Gasteiger partial charge in [-0.25, -0.2) is 0 Å². The van der Waals surface area contributed by atoms with Crippen LogP contribution in [0.1, 0.15) is 29.2 Å². The van der Waals surface area contributed by atoms with E-state index in [1.165, 1.54) is 11.1 Å². The second kappa shape index (κ2) is 9.87. The Labute approximate surface area is 200 Å². The van der Waals surface area contributed by atoms with E-state index in [9.17, 15) is 4.79 Å². The molecule has 0 saturated heterocycles. The van der Waals surface area contributed by atoms with Gasteiger partial charge in [-0.05, 0) is 61.2 Å². The number of hydrogen-bond donors (Lipinski definition) is 1. The molecule has 1 N–H and O–H groups in total. The van der Waals surface area contributed by atoms with Gasteiger partial charge in [0.1, 0.15) is 17.1 Å². The molecule has 1 amide bonds. The van der Waals surface area contributed by atoms with E-state index in [0.717, 1.165) is 44.5 Å². The largest absolute Gasteiger partial charge is 0.497 e. The summed E-state index contributed by atoms with van der Waals surface area (Å²) in [6, 6.07) is 17.9. The Balaban J connectivity index is 1.63. The number of rotatable bonds is 7. The zero-order valence-electron chi connectivity index (χ0n) is 20.2. The van der Waals surface area contributed by atoms with Gasteiger partial charge in [-0.3, -0.25) is 4.79 Å². The van der Waals surface area contributed by atoms with E-state index in [0.29, 0.717) is 12.3 Å². The van der Waals surface area contributed by atoms with E-state index in [-0.39, 0.29) is 5.91 Å². The van der Waals surface area contributed by atoms with E-state index in [1.807, 2.05) is 43.3 Å². The molecule has 1 aromatic heterocycles. The third-order valence-electron chi connectivity index (χ3n) is 5.94. The Morgan fingerprint density at radius 2 is 1.82 bits per heavy atom. The average molecular weight is 456 g/mol. The second-order valence-electron chi connectivity index (χ2n) is 8.41. The Morgan fingerprint density at radius 3 is 2.56 bits per heavy atom. The number of benzene rings is 3. The topological polar surface area (TPSA) is 60.7 Å². The molecule has 5 nitrogen and oxygen atoms in total. The maximum absolute atomic E-state index is 12.7. The molecule has 174 valence electrons. The maximum atomic E-state index is 12.7. The van der Waals surface area contributed by atoms with Gasteiger partial charge < -0.3 is 19.2 Å². The van der Waals surface area contributed by atoms with Crippen LogP contribution in [0.5, 0.6) is 11.5 Å². The van der Waals surface area contributed by atoms with Gasteiger partial charge >= 0.3 is 0 Å². The number of hydrogen-bond acceptors (Lipinski definition) is 4. The smallest absolute Gasteiger partial charge is 0.244 e. The molecule has 0 aliphatic rings. The highest BCUT2D eigenvalue weighted by Gasteiger charge is 2.16. The van der Waals surface area contributed by atoms with Gasteiger partial charge in [0.15, 0.2) is 0 Å². The van der Waals surface area contributed by atoms with Gasteiger partial charge in [0.25, 0.3) is 0 Å². The maximum Gasteiger partial charge on any atom is 0.244 e. The number of furan rings is 1. The fourth-order valence-corrected chi connectivity index (χ4v) is 4.15. The fourth-order valence-electron chi connectivity index (χ4n) is 4.15. The van der Waals surface area contributed by atoms with E-state index in [2.05, 4.69) is 37.4 Å². The van der Waals surface area contributed by atoms with Crippen molar-refractivity contribution in [2.75, 3.05) is 14.2 Å². The molecular formula is C29H29NO4. The summed E-state index contributed by atoms with van der Waals surface area (Å²) in [4.78, 5) is 12.7.